The quantitative estimate of drug-likeness (QED) is 0.814. The second kappa shape index (κ2) is 7.61. The molecule has 1 amide bonds. The number of aromatic amines is 1. The van der Waals surface area contributed by atoms with E-state index in [2.05, 4.69) is 4.98 Å². The van der Waals surface area contributed by atoms with E-state index in [-0.39, 0.29) is 19.1 Å². The highest BCUT2D eigenvalue weighted by Gasteiger charge is 2.16. The van der Waals surface area contributed by atoms with Crippen molar-refractivity contribution in [1.29, 1.82) is 0 Å². The molecule has 0 bridgehead atoms. The summed E-state index contributed by atoms with van der Waals surface area (Å²) in [5, 5.41) is 9.91. The van der Waals surface area contributed by atoms with Crippen molar-refractivity contribution in [1.82, 2.24) is 9.88 Å². The molecule has 0 fully saturated rings. The smallest absolute Gasteiger partial charge is 0.270 e. The van der Waals surface area contributed by atoms with Crippen LogP contribution in [0.25, 0.3) is 0 Å². The Morgan fingerprint density at radius 2 is 2.05 bits per heavy atom. The molecule has 0 aliphatic rings. The van der Waals surface area contributed by atoms with E-state index in [0.717, 1.165) is 5.56 Å². The Balaban J connectivity index is 1.71. The first-order valence-electron chi connectivity index (χ1n) is 6.85. The minimum absolute atomic E-state index is 0.151. The van der Waals surface area contributed by atoms with Crippen molar-refractivity contribution in [3.63, 3.8) is 0 Å². The molecule has 1 aromatic carbocycles. The lowest BCUT2D eigenvalue weighted by Crippen LogP contribution is -2.36. The number of nitrogens with zero attached hydrogens (tertiary/aromatic N) is 1. The summed E-state index contributed by atoms with van der Waals surface area (Å²) in [4.78, 5) is 16.3. The lowest BCUT2D eigenvalue weighted by molar-refractivity contribution is 0.0136. The van der Waals surface area contributed by atoms with Crippen LogP contribution in [-0.2, 0) is 11.3 Å². The maximum atomic E-state index is 12.0. The maximum Gasteiger partial charge on any atom is 0.270 e. The SMILES string of the molecule is CN(CC(O)COCc1ccccc1)C(=O)c1ccc[nH]1. The van der Waals surface area contributed by atoms with Gasteiger partial charge in [-0.1, -0.05) is 30.3 Å². The minimum Gasteiger partial charge on any atom is -0.389 e. The maximum absolute atomic E-state index is 12.0. The molecule has 5 heteroatoms. The molecule has 2 rings (SSSR count). The topological polar surface area (TPSA) is 65.6 Å². The number of rotatable bonds is 7. The third-order valence-corrected chi connectivity index (χ3v) is 3.08. The number of benzene rings is 1. The number of carbonyl (C=O) groups excluding carboxylic acids is 1. The second-order valence-corrected chi connectivity index (χ2v) is 4.92. The van der Waals surface area contributed by atoms with Crippen LogP contribution in [0.1, 0.15) is 16.1 Å². The van der Waals surface area contributed by atoms with Gasteiger partial charge in [0.15, 0.2) is 0 Å². The molecule has 1 atom stereocenters. The van der Waals surface area contributed by atoms with E-state index in [1.54, 1.807) is 25.4 Å². The highest BCUT2D eigenvalue weighted by atomic mass is 16.5. The van der Waals surface area contributed by atoms with Gasteiger partial charge in [-0.15, -0.1) is 0 Å². The number of nitrogens with one attached hydrogen (secondary N) is 1. The number of carbonyl (C=O) groups is 1. The molecule has 0 aliphatic carbocycles. The first kappa shape index (κ1) is 15.3. The number of hydrogen-bond acceptors (Lipinski definition) is 3. The van der Waals surface area contributed by atoms with Crippen molar-refractivity contribution in [3.05, 3.63) is 59.9 Å². The van der Waals surface area contributed by atoms with E-state index < -0.39 is 6.10 Å². The van der Waals surface area contributed by atoms with Crippen LogP contribution in [0.5, 0.6) is 0 Å². The fraction of sp³-hybridized carbons (Fsp3) is 0.312. The predicted octanol–water partition coefficient (Wildman–Crippen LogP) is 1.66. The molecular formula is C16H20N2O3. The summed E-state index contributed by atoms with van der Waals surface area (Å²) >= 11 is 0. The lowest BCUT2D eigenvalue weighted by atomic mass is 10.2. The number of H-pyrrole nitrogens is 1. The van der Waals surface area contributed by atoms with Crippen molar-refractivity contribution >= 4 is 5.91 Å². The number of hydrogen-bond donors (Lipinski definition) is 2. The summed E-state index contributed by atoms with van der Waals surface area (Å²) in [7, 11) is 1.66. The van der Waals surface area contributed by atoms with Crippen LogP contribution in [0, 0.1) is 0 Å². The summed E-state index contributed by atoms with van der Waals surface area (Å²) < 4.78 is 5.46. The molecule has 0 saturated heterocycles. The molecule has 1 unspecified atom stereocenters. The molecule has 112 valence electrons. The first-order chi connectivity index (χ1) is 10.2. The monoisotopic (exact) mass is 288 g/mol. The number of aliphatic hydroxyl groups excluding tert-OH is 1. The minimum atomic E-state index is -0.711. The lowest BCUT2D eigenvalue weighted by Gasteiger charge is -2.20. The molecule has 5 nitrogen and oxygen atoms in total. The van der Waals surface area contributed by atoms with Gasteiger partial charge in [-0.2, -0.15) is 0 Å². The van der Waals surface area contributed by atoms with Gasteiger partial charge < -0.3 is 19.7 Å². The number of aromatic nitrogens is 1. The van der Waals surface area contributed by atoms with Gasteiger partial charge in [-0.25, -0.2) is 0 Å². The second-order valence-electron chi connectivity index (χ2n) is 4.92. The predicted molar refractivity (Wildman–Crippen MR) is 79.9 cm³/mol. The Labute approximate surface area is 124 Å². The largest absolute Gasteiger partial charge is 0.389 e. The van der Waals surface area contributed by atoms with E-state index in [0.29, 0.717) is 12.3 Å². The van der Waals surface area contributed by atoms with Crippen molar-refractivity contribution in [2.45, 2.75) is 12.7 Å². The molecule has 0 saturated carbocycles. The average Bonchev–Trinajstić information content (AvgIpc) is 3.01. The van der Waals surface area contributed by atoms with Gasteiger partial charge in [-0.3, -0.25) is 4.79 Å². The van der Waals surface area contributed by atoms with Gasteiger partial charge in [0.1, 0.15) is 5.69 Å². The van der Waals surface area contributed by atoms with Crippen molar-refractivity contribution in [3.8, 4) is 0 Å². The molecule has 0 spiro atoms. The van der Waals surface area contributed by atoms with Crippen molar-refractivity contribution in [2.24, 2.45) is 0 Å². The molecule has 2 N–H and O–H groups in total. The zero-order valence-corrected chi connectivity index (χ0v) is 12.0. The summed E-state index contributed by atoms with van der Waals surface area (Å²) in [5.41, 5.74) is 1.57. The molecule has 0 radical (unpaired) electrons. The van der Waals surface area contributed by atoms with Crippen molar-refractivity contribution in [2.75, 3.05) is 20.2 Å². The summed E-state index contributed by atoms with van der Waals surface area (Å²) in [5.74, 6) is -0.151. The molecule has 21 heavy (non-hydrogen) atoms. The van der Waals surface area contributed by atoms with E-state index in [1.165, 1.54) is 4.90 Å². The Hall–Kier alpha value is -2.11. The number of ether oxygens (including phenoxy) is 1. The Morgan fingerprint density at radius 1 is 1.29 bits per heavy atom. The van der Waals surface area contributed by atoms with E-state index >= 15 is 0 Å². The molecule has 0 aliphatic heterocycles. The van der Waals surface area contributed by atoms with Crippen LogP contribution in [0.15, 0.2) is 48.7 Å². The highest BCUT2D eigenvalue weighted by Crippen LogP contribution is 2.03. The van der Waals surface area contributed by atoms with Gasteiger partial charge in [0.2, 0.25) is 0 Å². The summed E-state index contributed by atoms with van der Waals surface area (Å²) in [6.45, 7) is 0.871. The van der Waals surface area contributed by atoms with E-state index in [1.807, 2.05) is 30.3 Å². The standard InChI is InChI=1S/C16H20N2O3/c1-18(16(20)15-8-5-9-17-15)10-14(19)12-21-11-13-6-3-2-4-7-13/h2-9,14,17,19H,10-12H2,1H3. The normalized spacial score (nSPS) is 12.1. The van der Waals surface area contributed by atoms with Gasteiger partial charge in [0.25, 0.3) is 5.91 Å². The third kappa shape index (κ3) is 4.73. The fourth-order valence-electron chi connectivity index (χ4n) is 2.01. The Kier molecular flexibility index (Phi) is 5.54. The van der Waals surface area contributed by atoms with Gasteiger partial charge >= 0.3 is 0 Å². The van der Waals surface area contributed by atoms with Crippen LogP contribution in [0.4, 0.5) is 0 Å². The van der Waals surface area contributed by atoms with Crippen LogP contribution < -0.4 is 0 Å². The van der Waals surface area contributed by atoms with E-state index in [4.69, 9.17) is 4.74 Å². The molecular weight excluding hydrogens is 268 g/mol. The highest BCUT2D eigenvalue weighted by molar-refractivity contribution is 5.92. The molecule has 1 heterocycles. The van der Waals surface area contributed by atoms with E-state index in [9.17, 15) is 9.90 Å². The van der Waals surface area contributed by atoms with Gasteiger partial charge in [0, 0.05) is 19.8 Å². The fourth-order valence-corrected chi connectivity index (χ4v) is 2.01. The zero-order chi connectivity index (χ0) is 15.1. The number of aliphatic hydroxyl groups is 1. The Morgan fingerprint density at radius 3 is 2.71 bits per heavy atom. The number of amides is 1. The molecule has 2 aromatic rings. The van der Waals surface area contributed by atoms with Crippen LogP contribution in [0.3, 0.4) is 0 Å². The molecule has 1 aromatic heterocycles. The number of likely N-dealkylation sites (N-methyl/N-ethyl adjacent to an activating group) is 1. The zero-order valence-electron chi connectivity index (χ0n) is 12.0. The van der Waals surface area contributed by atoms with Gasteiger partial charge in [-0.05, 0) is 17.7 Å². The van der Waals surface area contributed by atoms with Crippen LogP contribution in [0.2, 0.25) is 0 Å². The van der Waals surface area contributed by atoms with Crippen LogP contribution in [-0.4, -0.2) is 47.2 Å². The van der Waals surface area contributed by atoms with Crippen molar-refractivity contribution < 1.29 is 14.6 Å². The summed E-state index contributed by atoms with van der Waals surface area (Å²) in [6.07, 6.45) is 0.984. The average molecular weight is 288 g/mol. The third-order valence-electron chi connectivity index (χ3n) is 3.08. The van der Waals surface area contributed by atoms with Crippen LogP contribution >= 0.6 is 0 Å². The summed E-state index contributed by atoms with van der Waals surface area (Å²) in [6, 6.07) is 13.2. The Bertz CT molecular complexity index is 540. The first-order valence-corrected chi connectivity index (χ1v) is 6.85. The van der Waals surface area contributed by atoms with Gasteiger partial charge in [0.05, 0.1) is 19.3 Å².